The highest BCUT2D eigenvalue weighted by atomic mass is 16.5. The van der Waals surface area contributed by atoms with Crippen molar-refractivity contribution < 1.29 is 4.74 Å². The highest BCUT2D eigenvalue weighted by molar-refractivity contribution is 5.83. The zero-order valence-corrected chi connectivity index (χ0v) is 10.6. The van der Waals surface area contributed by atoms with Gasteiger partial charge in [0.05, 0.1) is 11.7 Å². The van der Waals surface area contributed by atoms with Crippen molar-refractivity contribution in [2.24, 2.45) is 5.73 Å². The van der Waals surface area contributed by atoms with Crippen LogP contribution in [-0.4, -0.2) is 22.3 Å². The summed E-state index contributed by atoms with van der Waals surface area (Å²) in [5.74, 6) is 0.961. The molecule has 1 aliphatic carbocycles. The molecule has 18 heavy (non-hydrogen) atoms. The van der Waals surface area contributed by atoms with E-state index in [4.69, 9.17) is 10.5 Å². The number of nitrogens with two attached hydrogens (primary N) is 1. The number of hydrogen-bond acceptors (Lipinski definition) is 3. The fourth-order valence-electron chi connectivity index (χ4n) is 2.73. The van der Waals surface area contributed by atoms with Crippen LogP contribution in [0.25, 0.3) is 10.9 Å². The van der Waals surface area contributed by atoms with Gasteiger partial charge in [0, 0.05) is 17.0 Å². The van der Waals surface area contributed by atoms with E-state index in [0.717, 1.165) is 41.5 Å². The molecule has 4 nitrogen and oxygen atoms in total. The zero-order valence-electron chi connectivity index (χ0n) is 10.6. The van der Waals surface area contributed by atoms with Gasteiger partial charge < -0.3 is 10.5 Å². The van der Waals surface area contributed by atoms with Crippen LogP contribution in [0, 0.1) is 6.92 Å². The van der Waals surface area contributed by atoms with Crippen molar-refractivity contribution in [3.8, 4) is 5.75 Å². The SMILES string of the molecule is Cc1c(O[C@@H]2CCC[C@@H](N)C2)ccc2[nH]ncc12. The minimum Gasteiger partial charge on any atom is -0.490 e. The lowest BCUT2D eigenvalue weighted by Crippen LogP contribution is -2.33. The fraction of sp³-hybridized carbons (Fsp3) is 0.500. The molecule has 1 aromatic carbocycles. The average molecular weight is 245 g/mol. The molecule has 0 amide bonds. The normalized spacial score (nSPS) is 24.3. The van der Waals surface area contributed by atoms with Crippen LogP contribution in [0.4, 0.5) is 0 Å². The largest absolute Gasteiger partial charge is 0.490 e. The summed E-state index contributed by atoms with van der Waals surface area (Å²) in [6.07, 6.45) is 6.47. The Kier molecular flexibility index (Phi) is 2.96. The zero-order chi connectivity index (χ0) is 12.5. The van der Waals surface area contributed by atoms with E-state index in [1.807, 2.05) is 18.3 Å². The predicted molar refractivity (Wildman–Crippen MR) is 71.7 cm³/mol. The number of nitrogens with zero attached hydrogens (tertiary/aromatic N) is 1. The molecule has 0 bridgehead atoms. The highest BCUT2D eigenvalue weighted by Crippen LogP contribution is 2.29. The van der Waals surface area contributed by atoms with Crippen LogP contribution in [0.15, 0.2) is 18.3 Å². The van der Waals surface area contributed by atoms with Gasteiger partial charge in [-0.3, -0.25) is 5.10 Å². The molecule has 2 atom stereocenters. The van der Waals surface area contributed by atoms with Gasteiger partial charge in [0.2, 0.25) is 0 Å². The first kappa shape index (κ1) is 11.5. The topological polar surface area (TPSA) is 63.9 Å². The van der Waals surface area contributed by atoms with E-state index in [0.29, 0.717) is 6.04 Å². The number of ether oxygens (including phenoxy) is 1. The maximum Gasteiger partial charge on any atom is 0.123 e. The number of aromatic amines is 1. The molecule has 3 N–H and O–H groups in total. The Morgan fingerprint density at radius 1 is 1.39 bits per heavy atom. The van der Waals surface area contributed by atoms with Crippen LogP contribution in [-0.2, 0) is 0 Å². The molecular formula is C14H19N3O. The summed E-state index contributed by atoms with van der Waals surface area (Å²) in [5, 5.41) is 8.17. The van der Waals surface area contributed by atoms with E-state index in [9.17, 15) is 0 Å². The monoisotopic (exact) mass is 245 g/mol. The van der Waals surface area contributed by atoms with E-state index < -0.39 is 0 Å². The first-order valence-corrected chi connectivity index (χ1v) is 6.59. The Morgan fingerprint density at radius 2 is 2.28 bits per heavy atom. The lowest BCUT2D eigenvalue weighted by atomic mass is 9.93. The minimum atomic E-state index is 0.261. The molecule has 1 aromatic heterocycles. The molecule has 96 valence electrons. The number of H-pyrrole nitrogens is 1. The van der Waals surface area contributed by atoms with Gasteiger partial charge in [-0.15, -0.1) is 0 Å². The Hall–Kier alpha value is -1.55. The molecule has 4 heteroatoms. The number of nitrogens with one attached hydrogen (secondary N) is 1. The van der Waals surface area contributed by atoms with Crippen molar-refractivity contribution in [3.63, 3.8) is 0 Å². The van der Waals surface area contributed by atoms with Gasteiger partial charge in [-0.2, -0.15) is 5.10 Å². The first-order valence-electron chi connectivity index (χ1n) is 6.59. The van der Waals surface area contributed by atoms with Crippen LogP contribution < -0.4 is 10.5 Å². The molecule has 1 fully saturated rings. The second kappa shape index (κ2) is 4.61. The summed E-state index contributed by atoms with van der Waals surface area (Å²) in [7, 11) is 0. The third-order valence-electron chi connectivity index (χ3n) is 3.80. The molecule has 1 heterocycles. The van der Waals surface area contributed by atoms with Crippen molar-refractivity contribution in [2.75, 3.05) is 0 Å². The van der Waals surface area contributed by atoms with Crippen molar-refractivity contribution in [3.05, 3.63) is 23.9 Å². The molecule has 2 aromatic rings. The number of aryl methyl sites for hydroxylation is 1. The number of benzene rings is 1. The van der Waals surface area contributed by atoms with E-state index in [2.05, 4.69) is 17.1 Å². The van der Waals surface area contributed by atoms with Gasteiger partial charge in [-0.05, 0) is 44.7 Å². The summed E-state index contributed by atoms with van der Waals surface area (Å²) in [4.78, 5) is 0. The van der Waals surface area contributed by atoms with Crippen LogP contribution in [0.2, 0.25) is 0 Å². The highest BCUT2D eigenvalue weighted by Gasteiger charge is 2.21. The number of aromatic nitrogens is 2. The second-order valence-corrected chi connectivity index (χ2v) is 5.19. The van der Waals surface area contributed by atoms with Crippen LogP contribution in [0.5, 0.6) is 5.75 Å². The van der Waals surface area contributed by atoms with Gasteiger partial charge in [0.1, 0.15) is 11.9 Å². The second-order valence-electron chi connectivity index (χ2n) is 5.19. The maximum absolute atomic E-state index is 6.11. The number of rotatable bonds is 2. The van der Waals surface area contributed by atoms with E-state index in [-0.39, 0.29) is 6.10 Å². The van der Waals surface area contributed by atoms with Gasteiger partial charge in [-0.25, -0.2) is 0 Å². The molecule has 3 rings (SSSR count). The van der Waals surface area contributed by atoms with E-state index in [1.54, 1.807) is 0 Å². The van der Waals surface area contributed by atoms with Gasteiger partial charge in [-0.1, -0.05) is 0 Å². The van der Waals surface area contributed by atoms with Crippen LogP contribution in [0.1, 0.15) is 31.2 Å². The fourth-order valence-corrected chi connectivity index (χ4v) is 2.73. The summed E-state index contributed by atoms with van der Waals surface area (Å²) in [6, 6.07) is 4.34. The predicted octanol–water partition coefficient (Wildman–Crippen LogP) is 2.52. The van der Waals surface area contributed by atoms with Crippen molar-refractivity contribution in [1.29, 1.82) is 0 Å². The first-order chi connectivity index (χ1) is 8.74. The van der Waals surface area contributed by atoms with Gasteiger partial charge in [0.25, 0.3) is 0 Å². The molecule has 0 radical (unpaired) electrons. The molecule has 1 aliphatic rings. The van der Waals surface area contributed by atoms with E-state index >= 15 is 0 Å². The summed E-state index contributed by atoms with van der Waals surface area (Å²) in [5.41, 5.74) is 8.20. The van der Waals surface area contributed by atoms with Crippen molar-refractivity contribution in [2.45, 2.75) is 44.8 Å². The lowest BCUT2D eigenvalue weighted by molar-refractivity contribution is 0.144. The Morgan fingerprint density at radius 3 is 3.11 bits per heavy atom. The third-order valence-corrected chi connectivity index (χ3v) is 3.80. The van der Waals surface area contributed by atoms with E-state index in [1.165, 1.54) is 6.42 Å². The summed E-state index contributed by atoms with van der Waals surface area (Å²) in [6.45, 7) is 2.08. The summed E-state index contributed by atoms with van der Waals surface area (Å²) >= 11 is 0. The quantitative estimate of drug-likeness (QED) is 0.854. The lowest BCUT2D eigenvalue weighted by Gasteiger charge is -2.27. The standard InChI is InChI=1S/C14H19N3O/c1-9-12-8-16-17-13(12)5-6-14(9)18-11-4-2-3-10(15)7-11/h5-6,8,10-11H,2-4,7,15H2,1H3,(H,16,17)/t10-,11-/m1/s1. The van der Waals surface area contributed by atoms with Gasteiger partial charge >= 0.3 is 0 Å². The molecule has 1 saturated carbocycles. The number of hydrogen-bond donors (Lipinski definition) is 2. The molecule has 0 spiro atoms. The molecule has 0 saturated heterocycles. The maximum atomic E-state index is 6.11. The van der Waals surface area contributed by atoms with Crippen LogP contribution in [0.3, 0.4) is 0 Å². The van der Waals surface area contributed by atoms with Gasteiger partial charge in [0.15, 0.2) is 0 Å². The molecule has 0 unspecified atom stereocenters. The smallest absolute Gasteiger partial charge is 0.123 e. The summed E-state index contributed by atoms with van der Waals surface area (Å²) < 4.78 is 6.11. The Labute approximate surface area is 107 Å². The Balaban J connectivity index is 1.83. The van der Waals surface area contributed by atoms with Crippen molar-refractivity contribution in [1.82, 2.24) is 10.2 Å². The van der Waals surface area contributed by atoms with Crippen LogP contribution >= 0.6 is 0 Å². The molecule has 0 aliphatic heterocycles. The third kappa shape index (κ3) is 2.08. The van der Waals surface area contributed by atoms with Crippen molar-refractivity contribution >= 4 is 10.9 Å². The number of fused-ring (bicyclic) bond motifs is 1. The molecular weight excluding hydrogens is 226 g/mol. The minimum absolute atomic E-state index is 0.261. The average Bonchev–Trinajstić information content (AvgIpc) is 2.82. The Bertz CT molecular complexity index is 549.